The fraction of sp³-hybridized carbons (Fsp3) is 0.128. The van der Waals surface area contributed by atoms with Crippen molar-refractivity contribution in [2.45, 2.75) is 27.2 Å². The maximum Gasteiger partial charge on any atom is 0.343 e. The van der Waals surface area contributed by atoms with Gasteiger partial charge in [0.15, 0.2) is 0 Å². The molecule has 0 radical (unpaired) electrons. The van der Waals surface area contributed by atoms with E-state index in [1.165, 1.54) is 103 Å². The van der Waals surface area contributed by atoms with E-state index in [4.69, 9.17) is 18.9 Å². The van der Waals surface area contributed by atoms with Crippen molar-refractivity contribution in [2.24, 2.45) is 5.41 Å². The number of hydrogen-bond acceptors (Lipinski definition) is 10. The molecule has 0 aromatic heterocycles. The Balaban J connectivity index is 1.23. The molecule has 248 valence electrons. The van der Waals surface area contributed by atoms with Crippen LogP contribution in [0, 0.1) is 5.41 Å². The number of ether oxygens (including phenoxy) is 4. The average Bonchev–Trinajstić information content (AvgIpc) is 3.06. The Morgan fingerprint density at radius 3 is 1.18 bits per heavy atom. The van der Waals surface area contributed by atoms with Crippen molar-refractivity contribution in [1.29, 1.82) is 0 Å². The normalized spacial score (nSPS) is 10.9. The van der Waals surface area contributed by atoms with Gasteiger partial charge in [0.1, 0.15) is 34.5 Å². The second kappa shape index (κ2) is 14.6. The molecule has 0 unspecified atom stereocenters. The van der Waals surface area contributed by atoms with Crippen LogP contribution < -0.4 is 18.9 Å². The van der Waals surface area contributed by atoms with Crippen molar-refractivity contribution in [3.63, 3.8) is 0 Å². The minimum absolute atomic E-state index is 0.0259. The summed E-state index contributed by atoms with van der Waals surface area (Å²) >= 11 is 0. The highest BCUT2D eigenvalue weighted by Crippen LogP contribution is 2.32. The molecule has 5 rings (SSSR count). The molecule has 0 atom stereocenters. The second-order valence-corrected chi connectivity index (χ2v) is 12.2. The van der Waals surface area contributed by atoms with Crippen LogP contribution in [0.15, 0.2) is 115 Å². The van der Waals surface area contributed by atoms with Crippen LogP contribution >= 0.6 is 0 Å². The number of phenols is 2. The van der Waals surface area contributed by atoms with Gasteiger partial charge in [-0.2, -0.15) is 0 Å². The Labute approximate surface area is 282 Å². The minimum atomic E-state index is -0.644. The number of aromatic hydroxyl groups is 2. The number of benzene rings is 5. The van der Waals surface area contributed by atoms with Crippen molar-refractivity contribution in [3.8, 4) is 34.5 Å². The molecule has 10 nitrogen and oxygen atoms in total. The number of phenolic OH excluding ortho intramolecular Hbond substituents is 2. The predicted molar refractivity (Wildman–Crippen MR) is 179 cm³/mol. The van der Waals surface area contributed by atoms with Gasteiger partial charge in [0.25, 0.3) is 0 Å². The van der Waals surface area contributed by atoms with Gasteiger partial charge in [-0.25, -0.2) is 19.2 Å². The van der Waals surface area contributed by atoms with Gasteiger partial charge >= 0.3 is 23.9 Å². The molecule has 0 fully saturated rings. The Bertz CT molecular complexity index is 1970. The first-order chi connectivity index (χ1) is 23.3. The smallest absolute Gasteiger partial charge is 0.343 e. The van der Waals surface area contributed by atoms with Crippen LogP contribution in [0.3, 0.4) is 0 Å². The fourth-order valence-corrected chi connectivity index (χ4v) is 4.60. The van der Waals surface area contributed by atoms with E-state index < -0.39 is 23.9 Å². The largest absolute Gasteiger partial charge is 0.508 e. The van der Waals surface area contributed by atoms with E-state index >= 15 is 0 Å². The molecule has 10 heteroatoms. The molecule has 0 spiro atoms. The van der Waals surface area contributed by atoms with Crippen molar-refractivity contribution < 1.29 is 48.3 Å². The molecule has 0 aliphatic rings. The van der Waals surface area contributed by atoms with Gasteiger partial charge in [0, 0.05) is 0 Å². The Morgan fingerprint density at radius 2 is 0.796 bits per heavy atom. The van der Waals surface area contributed by atoms with Crippen LogP contribution in [0.5, 0.6) is 34.5 Å². The summed E-state index contributed by atoms with van der Waals surface area (Å²) in [5, 5.41) is 18.8. The molecule has 0 aliphatic carbocycles. The highest BCUT2D eigenvalue weighted by Gasteiger charge is 2.20. The zero-order valence-electron chi connectivity index (χ0n) is 26.8. The molecule has 0 amide bonds. The Hall–Kier alpha value is -6.42. The molecule has 0 heterocycles. The first kappa shape index (κ1) is 33.9. The van der Waals surface area contributed by atoms with Gasteiger partial charge in [-0.3, -0.25) is 0 Å². The molecule has 0 aliphatic heterocycles. The van der Waals surface area contributed by atoms with E-state index in [0.717, 1.165) is 0 Å². The fourth-order valence-electron chi connectivity index (χ4n) is 4.60. The van der Waals surface area contributed by atoms with Gasteiger partial charge in [-0.05, 0) is 133 Å². The topological polar surface area (TPSA) is 146 Å². The standard InChI is InChI=1S/C39H32O10/c1-39(2,3)23-28-22-33(48-37(44)26-8-16-31(17-9-26)46-35(42)24-4-12-29(40)13-5-24)20-21-34(28)49-38(45)27-10-18-32(19-11-27)47-36(43)25-6-14-30(41)15-7-25/h4-22,40-41H,23H2,1-3H3. The summed E-state index contributed by atoms with van der Waals surface area (Å²) in [5.74, 6) is -1.49. The summed E-state index contributed by atoms with van der Waals surface area (Å²) in [6, 6.07) is 27.7. The molecule has 2 N–H and O–H groups in total. The zero-order valence-corrected chi connectivity index (χ0v) is 26.8. The first-order valence-corrected chi connectivity index (χ1v) is 15.1. The summed E-state index contributed by atoms with van der Waals surface area (Å²) in [5.41, 5.74) is 1.38. The monoisotopic (exact) mass is 660 g/mol. The maximum atomic E-state index is 13.1. The number of carbonyl (C=O) groups excluding carboxylic acids is 4. The SMILES string of the molecule is CC(C)(C)Cc1cc(OC(=O)c2ccc(OC(=O)c3ccc(O)cc3)cc2)ccc1OC(=O)c1ccc(OC(=O)c2ccc(O)cc2)cc1. The predicted octanol–water partition coefficient (Wildman–Crippen LogP) is 7.56. The lowest BCUT2D eigenvalue weighted by Crippen LogP contribution is -2.15. The summed E-state index contributed by atoms with van der Waals surface area (Å²) < 4.78 is 22.0. The molecular weight excluding hydrogens is 628 g/mol. The lowest BCUT2D eigenvalue weighted by atomic mass is 9.87. The summed E-state index contributed by atoms with van der Waals surface area (Å²) in [4.78, 5) is 50.7. The quantitative estimate of drug-likeness (QED) is 0.120. The van der Waals surface area contributed by atoms with Crippen molar-refractivity contribution in [1.82, 2.24) is 0 Å². The number of carbonyl (C=O) groups is 4. The van der Waals surface area contributed by atoms with Crippen LogP contribution in [0.4, 0.5) is 0 Å². The van der Waals surface area contributed by atoms with Gasteiger partial charge in [0.05, 0.1) is 22.3 Å². The summed E-state index contributed by atoms with van der Waals surface area (Å²) in [7, 11) is 0. The molecule has 0 saturated carbocycles. The van der Waals surface area contributed by atoms with Crippen LogP contribution in [0.1, 0.15) is 67.8 Å². The van der Waals surface area contributed by atoms with Gasteiger partial charge in [0.2, 0.25) is 0 Å². The molecule has 5 aromatic carbocycles. The zero-order chi connectivity index (χ0) is 35.1. The van der Waals surface area contributed by atoms with E-state index in [2.05, 4.69) is 0 Å². The van der Waals surface area contributed by atoms with Crippen molar-refractivity contribution in [3.05, 3.63) is 143 Å². The van der Waals surface area contributed by atoms with Crippen LogP contribution in [0.2, 0.25) is 0 Å². The summed E-state index contributed by atoms with van der Waals surface area (Å²) in [6.07, 6.45) is 0.494. The Kier molecular flexibility index (Phi) is 10.1. The van der Waals surface area contributed by atoms with Crippen molar-refractivity contribution in [2.75, 3.05) is 0 Å². The second-order valence-electron chi connectivity index (χ2n) is 12.2. The lowest BCUT2D eigenvalue weighted by Gasteiger charge is -2.21. The van der Waals surface area contributed by atoms with E-state index in [9.17, 15) is 29.4 Å². The lowest BCUT2D eigenvalue weighted by molar-refractivity contribution is 0.0715. The van der Waals surface area contributed by atoms with Crippen LogP contribution in [-0.2, 0) is 6.42 Å². The first-order valence-electron chi connectivity index (χ1n) is 15.1. The molecule has 49 heavy (non-hydrogen) atoms. The molecule has 0 saturated heterocycles. The third-order valence-corrected chi connectivity index (χ3v) is 6.97. The van der Waals surface area contributed by atoms with Crippen LogP contribution in [-0.4, -0.2) is 34.1 Å². The number of esters is 4. The summed E-state index contributed by atoms with van der Waals surface area (Å²) in [6.45, 7) is 6.06. The highest BCUT2D eigenvalue weighted by atomic mass is 16.5. The van der Waals surface area contributed by atoms with E-state index in [0.29, 0.717) is 17.7 Å². The maximum absolute atomic E-state index is 13.1. The minimum Gasteiger partial charge on any atom is -0.508 e. The van der Waals surface area contributed by atoms with Gasteiger partial charge in [-0.15, -0.1) is 0 Å². The number of hydrogen-bond donors (Lipinski definition) is 2. The average molecular weight is 661 g/mol. The third kappa shape index (κ3) is 9.32. The van der Waals surface area contributed by atoms with E-state index in [1.807, 2.05) is 20.8 Å². The van der Waals surface area contributed by atoms with Gasteiger partial charge < -0.3 is 29.2 Å². The van der Waals surface area contributed by atoms with Crippen molar-refractivity contribution >= 4 is 23.9 Å². The number of rotatable bonds is 9. The molecule has 0 bridgehead atoms. The highest BCUT2D eigenvalue weighted by molar-refractivity contribution is 5.94. The Morgan fingerprint density at radius 1 is 0.469 bits per heavy atom. The molecular formula is C39H32O10. The van der Waals surface area contributed by atoms with E-state index in [-0.39, 0.29) is 56.4 Å². The third-order valence-electron chi connectivity index (χ3n) is 6.97. The van der Waals surface area contributed by atoms with Gasteiger partial charge in [-0.1, -0.05) is 20.8 Å². The molecule has 5 aromatic rings. The van der Waals surface area contributed by atoms with E-state index in [1.54, 1.807) is 12.1 Å². The van der Waals surface area contributed by atoms with Crippen LogP contribution in [0.25, 0.3) is 0 Å².